The summed E-state index contributed by atoms with van der Waals surface area (Å²) in [6.45, 7) is 0.998. The lowest BCUT2D eigenvalue weighted by Gasteiger charge is -2.19. The minimum Gasteiger partial charge on any atom is -0.337 e. The third kappa shape index (κ3) is 2.35. The lowest BCUT2D eigenvalue weighted by molar-refractivity contribution is 0.342. The Bertz CT molecular complexity index is 480. The zero-order valence-electron chi connectivity index (χ0n) is 9.30. The van der Waals surface area contributed by atoms with Crippen molar-refractivity contribution in [2.45, 2.75) is 6.04 Å². The van der Waals surface area contributed by atoms with Gasteiger partial charge in [0.25, 0.3) is 0 Å². The van der Waals surface area contributed by atoms with E-state index in [9.17, 15) is 0 Å². The average molecular weight is 247 g/mol. The van der Waals surface area contributed by atoms with Crippen LogP contribution in [0.25, 0.3) is 11.4 Å². The minimum absolute atomic E-state index is 0.193. The number of nitrogens with one attached hydrogen (secondary N) is 1. The maximum absolute atomic E-state index is 5.32. The summed E-state index contributed by atoms with van der Waals surface area (Å²) in [6.07, 6.45) is 0. The molecule has 17 heavy (non-hydrogen) atoms. The molecule has 1 fully saturated rings. The maximum atomic E-state index is 5.32. The van der Waals surface area contributed by atoms with E-state index in [2.05, 4.69) is 15.5 Å². The summed E-state index contributed by atoms with van der Waals surface area (Å²) < 4.78 is 5.32. The number of hydrogen-bond donors (Lipinski definition) is 1. The standard InChI is InChI=1S/C12H13N3OS/c1-2-4-9(5-3-1)11-14-12(16-15-11)10-8-17-7-6-13-10/h1-5,10,13H,6-8H2. The smallest absolute Gasteiger partial charge is 0.244 e. The lowest BCUT2D eigenvalue weighted by atomic mass is 10.2. The summed E-state index contributed by atoms with van der Waals surface area (Å²) in [5, 5.41) is 7.41. The number of thioether (sulfide) groups is 1. The van der Waals surface area contributed by atoms with Crippen LogP contribution in [-0.4, -0.2) is 28.2 Å². The fourth-order valence-electron chi connectivity index (χ4n) is 1.81. The van der Waals surface area contributed by atoms with Gasteiger partial charge in [0.05, 0.1) is 6.04 Å². The molecular weight excluding hydrogens is 234 g/mol. The average Bonchev–Trinajstić information content (AvgIpc) is 2.90. The van der Waals surface area contributed by atoms with Crippen LogP contribution in [0.15, 0.2) is 34.9 Å². The largest absolute Gasteiger partial charge is 0.337 e. The van der Waals surface area contributed by atoms with Crippen LogP contribution >= 0.6 is 11.8 Å². The highest BCUT2D eigenvalue weighted by Crippen LogP contribution is 2.23. The molecule has 0 amide bonds. The third-order valence-electron chi connectivity index (χ3n) is 2.69. The Morgan fingerprint density at radius 3 is 2.94 bits per heavy atom. The van der Waals surface area contributed by atoms with E-state index in [1.807, 2.05) is 42.1 Å². The molecule has 0 radical (unpaired) electrons. The highest BCUT2D eigenvalue weighted by Gasteiger charge is 2.21. The first-order valence-corrected chi connectivity index (χ1v) is 6.79. The van der Waals surface area contributed by atoms with Crippen LogP contribution in [0, 0.1) is 0 Å². The van der Waals surface area contributed by atoms with E-state index < -0.39 is 0 Å². The predicted octanol–water partition coefficient (Wildman–Crippen LogP) is 2.11. The molecule has 0 bridgehead atoms. The Morgan fingerprint density at radius 1 is 1.29 bits per heavy atom. The summed E-state index contributed by atoms with van der Waals surface area (Å²) >= 11 is 1.91. The zero-order valence-corrected chi connectivity index (χ0v) is 10.1. The fraction of sp³-hybridized carbons (Fsp3) is 0.333. The van der Waals surface area contributed by atoms with Crippen molar-refractivity contribution in [3.63, 3.8) is 0 Å². The van der Waals surface area contributed by atoms with Gasteiger partial charge in [-0.15, -0.1) is 0 Å². The summed E-state index contributed by atoms with van der Waals surface area (Å²) in [5.41, 5.74) is 0.992. The van der Waals surface area contributed by atoms with Crippen molar-refractivity contribution in [1.29, 1.82) is 0 Å². The van der Waals surface area contributed by atoms with Gasteiger partial charge in [0.2, 0.25) is 11.7 Å². The monoisotopic (exact) mass is 247 g/mol. The van der Waals surface area contributed by atoms with E-state index in [0.717, 1.165) is 23.6 Å². The zero-order chi connectivity index (χ0) is 11.5. The molecule has 88 valence electrons. The van der Waals surface area contributed by atoms with Crippen molar-refractivity contribution in [3.05, 3.63) is 36.2 Å². The quantitative estimate of drug-likeness (QED) is 0.881. The van der Waals surface area contributed by atoms with Crippen LogP contribution in [0.2, 0.25) is 0 Å². The van der Waals surface area contributed by atoms with Crippen molar-refractivity contribution < 1.29 is 4.52 Å². The van der Waals surface area contributed by atoms with Gasteiger partial charge in [-0.1, -0.05) is 35.5 Å². The molecule has 0 aliphatic carbocycles. The minimum atomic E-state index is 0.193. The first-order chi connectivity index (χ1) is 8.43. The van der Waals surface area contributed by atoms with Gasteiger partial charge in [0.15, 0.2) is 0 Å². The second-order valence-corrected chi connectivity index (χ2v) is 5.05. The molecular formula is C12H13N3OS. The van der Waals surface area contributed by atoms with Gasteiger partial charge in [0.1, 0.15) is 0 Å². The van der Waals surface area contributed by atoms with Gasteiger partial charge in [-0.05, 0) is 0 Å². The van der Waals surface area contributed by atoms with Gasteiger partial charge in [0, 0.05) is 23.6 Å². The molecule has 1 aliphatic heterocycles. The van der Waals surface area contributed by atoms with Crippen molar-refractivity contribution in [3.8, 4) is 11.4 Å². The van der Waals surface area contributed by atoms with E-state index in [0.29, 0.717) is 11.7 Å². The molecule has 1 aromatic carbocycles. The Hall–Kier alpha value is -1.33. The van der Waals surface area contributed by atoms with E-state index in [-0.39, 0.29) is 6.04 Å². The van der Waals surface area contributed by atoms with Gasteiger partial charge in [-0.3, -0.25) is 0 Å². The van der Waals surface area contributed by atoms with Crippen LogP contribution in [0.5, 0.6) is 0 Å². The Morgan fingerprint density at radius 2 is 2.18 bits per heavy atom. The van der Waals surface area contributed by atoms with Gasteiger partial charge < -0.3 is 9.84 Å². The molecule has 1 N–H and O–H groups in total. The van der Waals surface area contributed by atoms with Crippen LogP contribution in [0.3, 0.4) is 0 Å². The van der Waals surface area contributed by atoms with Crippen molar-refractivity contribution >= 4 is 11.8 Å². The number of benzene rings is 1. The van der Waals surface area contributed by atoms with Crippen molar-refractivity contribution in [1.82, 2.24) is 15.5 Å². The van der Waals surface area contributed by atoms with Crippen molar-refractivity contribution in [2.75, 3.05) is 18.1 Å². The molecule has 0 spiro atoms. The summed E-state index contributed by atoms with van der Waals surface area (Å²) in [7, 11) is 0. The summed E-state index contributed by atoms with van der Waals surface area (Å²) in [6, 6.07) is 10.1. The van der Waals surface area contributed by atoms with Gasteiger partial charge in [-0.25, -0.2) is 0 Å². The first kappa shape index (κ1) is 10.8. The fourth-order valence-corrected chi connectivity index (χ4v) is 2.73. The SMILES string of the molecule is c1ccc(-c2noc(C3CSCCN3)n2)cc1. The van der Waals surface area contributed by atoms with Gasteiger partial charge in [-0.2, -0.15) is 16.7 Å². The molecule has 0 saturated carbocycles. The maximum Gasteiger partial charge on any atom is 0.244 e. The topological polar surface area (TPSA) is 51.0 Å². The van der Waals surface area contributed by atoms with E-state index in [1.54, 1.807) is 0 Å². The Kier molecular flexibility index (Phi) is 3.11. The lowest BCUT2D eigenvalue weighted by Crippen LogP contribution is -2.30. The summed E-state index contributed by atoms with van der Waals surface area (Å²) in [4.78, 5) is 4.45. The number of hydrogen-bond acceptors (Lipinski definition) is 5. The Balaban J connectivity index is 1.83. The van der Waals surface area contributed by atoms with E-state index in [4.69, 9.17) is 4.52 Å². The van der Waals surface area contributed by atoms with Gasteiger partial charge >= 0.3 is 0 Å². The molecule has 1 unspecified atom stereocenters. The van der Waals surface area contributed by atoms with Crippen LogP contribution in [0.4, 0.5) is 0 Å². The molecule has 2 aromatic rings. The highest BCUT2D eigenvalue weighted by molar-refractivity contribution is 7.99. The molecule has 1 aliphatic rings. The van der Waals surface area contributed by atoms with E-state index in [1.165, 1.54) is 0 Å². The second-order valence-electron chi connectivity index (χ2n) is 3.90. The van der Waals surface area contributed by atoms with Crippen LogP contribution < -0.4 is 5.32 Å². The van der Waals surface area contributed by atoms with Crippen LogP contribution in [-0.2, 0) is 0 Å². The first-order valence-electron chi connectivity index (χ1n) is 5.63. The number of nitrogens with zero attached hydrogens (tertiary/aromatic N) is 2. The van der Waals surface area contributed by atoms with Crippen molar-refractivity contribution in [2.24, 2.45) is 0 Å². The normalized spacial score (nSPS) is 20.4. The summed E-state index contributed by atoms with van der Waals surface area (Å²) in [5.74, 6) is 3.50. The number of rotatable bonds is 2. The molecule has 1 aromatic heterocycles. The Labute approximate surface area is 104 Å². The van der Waals surface area contributed by atoms with Crippen LogP contribution in [0.1, 0.15) is 11.9 Å². The number of aromatic nitrogens is 2. The second kappa shape index (κ2) is 4.89. The molecule has 1 saturated heterocycles. The molecule has 2 heterocycles. The molecule has 4 nitrogen and oxygen atoms in total. The predicted molar refractivity (Wildman–Crippen MR) is 67.8 cm³/mol. The third-order valence-corrected chi connectivity index (χ3v) is 3.76. The van der Waals surface area contributed by atoms with E-state index >= 15 is 0 Å². The molecule has 1 atom stereocenters. The molecule has 5 heteroatoms. The molecule has 3 rings (SSSR count). The highest BCUT2D eigenvalue weighted by atomic mass is 32.2.